The van der Waals surface area contributed by atoms with Gasteiger partial charge in [-0.1, -0.05) is 32.0 Å². The SMILES string of the molecule is CCOc1ccccc1C1CNC(C(C)C)O1. The lowest BCUT2D eigenvalue weighted by molar-refractivity contribution is 0.0125. The third-order valence-corrected chi connectivity index (χ3v) is 2.99. The van der Waals surface area contributed by atoms with Gasteiger partial charge in [0.2, 0.25) is 0 Å². The van der Waals surface area contributed by atoms with Crippen LogP contribution in [0.1, 0.15) is 32.4 Å². The molecule has 0 aliphatic carbocycles. The molecule has 17 heavy (non-hydrogen) atoms. The lowest BCUT2D eigenvalue weighted by Gasteiger charge is -2.17. The molecule has 0 amide bonds. The molecule has 1 aromatic rings. The van der Waals surface area contributed by atoms with Crippen LogP contribution < -0.4 is 10.1 Å². The molecule has 1 saturated heterocycles. The molecule has 0 aromatic heterocycles. The molecule has 1 N–H and O–H groups in total. The van der Waals surface area contributed by atoms with Crippen molar-refractivity contribution in [2.24, 2.45) is 5.92 Å². The quantitative estimate of drug-likeness (QED) is 0.870. The van der Waals surface area contributed by atoms with Crippen molar-refractivity contribution in [2.75, 3.05) is 13.2 Å². The molecule has 1 aromatic carbocycles. The summed E-state index contributed by atoms with van der Waals surface area (Å²) in [4.78, 5) is 0. The van der Waals surface area contributed by atoms with Crippen LogP contribution in [0.15, 0.2) is 24.3 Å². The lowest BCUT2D eigenvalue weighted by Crippen LogP contribution is -2.27. The Morgan fingerprint density at radius 1 is 1.41 bits per heavy atom. The molecule has 0 spiro atoms. The Morgan fingerprint density at radius 2 is 2.18 bits per heavy atom. The number of ether oxygens (including phenoxy) is 2. The standard InChI is InChI=1S/C14H21NO2/c1-4-16-12-8-6-5-7-11(12)13-9-15-14(17-13)10(2)3/h5-8,10,13-15H,4,9H2,1-3H3. The van der Waals surface area contributed by atoms with Gasteiger partial charge in [0.1, 0.15) is 18.1 Å². The van der Waals surface area contributed by atoms with Crippen LogP contribution in [0.25, 0.3) is 0 Å². The molecule has 1 aliphatic heterocycles. The van der Waals surface area contributed by atoms with E-state index in [1.165, 1.54) is 0 Å². The second-order valence-electron chi connectivity index (χ2n) is 4.67. The second-order valence-corrected chi connectivity index (χ2v) is 4.67. The van der Waals surface area contributed by atoms with Crippen LogP contribution in [0, 0.1) is 5.92 Å². The molecule has 1 aliphatic rings. The Hall–Kier alpha value is -1.06. The molecule has 94 valence electrons. The molecule has 3 heteroatoms. The summed E-state index contributed by atoms with van der Waals surface area (Å²) in [6.45, 7) is 7.86. The number of hydrogen-bond acceptors (Lipinski definition) is 3. The van der Waals surface area contributed by atoms with Crippen molar-refractivity contribution in [3.63, 3.8) is 0 Å². The second kappa shape index (κ2) is 5.52. The van der Waals surface area contributed by atoms with E-state index in [0.29, 0.717) is 12.5 Å². The summed E-state index contributed by atoms with van der Waals surface area (Å²) in [5, 5.41) is 3.40. The van der Waals surface area contributed by atoms with Gasteiger partial charge in [-0.2, -0.15) is 0 Å². The summed E-state index contributed by atoms with van der Waals surface area (Å²) in [7, 11) is 0. The highest BCUT2D eigenvalue weighted by Crippen LogP contribution is 2.31. The monoisotopic (exact) mass is 235 g/mol. The fraction of sp³-hybridized carbons (Fsp3) is 0.571. The maximum absolute atomic E-state index is 6.00. The number of benzene rings is 1. The van der Waals surface area contributed by atoms with Gasteiger partial charge in [0.15, 0.2) is 0 Å². The third-order valence-electron chi connectivity index (χ3n) is 2.99. The van der Waals surface area contributed by atoms with Gasteiger partial charge in [-0.05, 0) is 18.9 Å². The van der Waals surface area contributed by atoms with E-state index in [-0.39, 0.29) is 12.3 Å². The minimum absolute atomic E-state index is 0.102. The van der Waals surface area contributed by atoms with Crippen molar-refractivity contribution in [3.05, 3.63) is 29.8 Å². The Morgan fingerprint density at radius 3 is 2.82 bits per heavy atom. The van der Waals surface area contributed by atoms with E-state index in [9.17, 15) is 0 Å². The predicted molar refractivity (Wildman–Crippen MR) is 68.1 cm³/mol. The van der Waals surface area contributed by atoms with Crippen LogP contribution >= 0.6 is 0 Å². The number of hydrogen-bond donors (Lipinski definition) is 1. The van der Waals surface area contributed by atoms with Crippen molar-refractivity contribution < 1.29 is 9.47 Å². The van der Waals surface area contributed by atoms with E-state index >= 15 is 0 Å². The average Bonchev–Trinajstić information content (AvgIpc) is 2.79. The van der Waals surface area contributed by atoms with Crippen molar-refractivity contribution >= 4 is 0 Å². The van der Waals surface area contributed by atoms with Gasteiger partial charge in [-0.25, -0.2) is 0 Å². The van der Waals surface area contributed by atoms with Gasteiger partial charge in [0.05, 0.1) is 6.61 Å². The molecule has 3 nitrogen and oxygen atoms in total. The Labute approximate surface area is 103 Å². The molecular formula is C14H21NO2. The van der Waals surface area contributed by atoms with Crippen molar-refractivity contribution in [2.45, 2.75) is 33.1 Å². The first kappa shape index (κ1) is 12.4. The zero-order valence-electron chi connectivity index (χ0n) is 10.8. The van der Waals surface area contributed by atoms with Crippen molar-refractivity contribution in [3.8, 4) is 5.75 Å². The van der Waals surface area contributed by atoms with Gasteiger partial charge in [-0.15, -0.1) is 0 Å². The summed E-state index contributed by atoms with van der Waals surface area (Å²) in [6, 6.07) is 8.12. The molecule has 1 heterocycles. The van der Waals surface area contributed by atoms with Crippen molar-refractivity contribution in [1.29, 1.82) is 0 Å². The number of rotatable bonds is 4. The average molecular weight is 235 g/mol. The van der Waals surface area contributed by atoms with Gasteiger partial charge in [0, 0.05) is 12.1 Å². The van der Waals surface area contributed by atoms with Gasteiger partial charge in [-0.3, -0.25) is 5.32 Å². The predicted octanol–water partition coefficient (Wildman–Crippen LogP) is 2.73. The highest BCUT2D eigenvalue weighted by molar-refractivity contribution is 5.35. The molecule has 0 bridgehead atoms. The fourth-order valence-electron chi connectivity index (χ4n) is 2.11. The van der Waals surface area contributed by atoms with Gasteiger partial charge < -0.3 is 9.47 Å². The van der Waals surface area contributed by atoms with E-state index in [2.05, 4.69) is 25.2 Å². The number of para-hydroxylation sites is 1. The zero-order valence-corrected chi connectivity index (χ0v) is 10.8. The highest BCUT2D eigenvalue weighted by Gasteiger charge is 2.29. The van der Waals surface area contributed by atoms with Crippen LogP contribution in [0.4, 0.5) is 0 Å². The Kier molecular flexibility index (Phi) is 4.02. The van der Waals surface area contributed by atoms with Gasteiger partial charge in [0.25, 0.3) is 0 Å². The van der Waals surface area contributed by atoms with Crippen molar-refractivity contribution in [1.82, 2.24) is 5.32 Å². The maximum atomic E-state index is 6.00. The maximum Gasteiger partial charge on any atom is 0.125 e. The molecular weight excluding hydrogens is 214 g/mol. The summed E-state index contributed by atoms with van der Waals surface area (Å²) in [6.07, 6.45) is 0.250. The molecule has 2 unspecified atom stereocenters. The molecule has 2 rings (SSSR count). The first-order valence-corrected chi connectivity index (χ1v) is 6.33. The topological polar surface area (TPSA) is 30.5 Å². The minimum Gasteiger partial charge on any atom is -0.493 e. The van der Waals surface area contributed by atoms with E-state index in [0.717, 1.165) is 17.9 Å². The molecule has 0 saturated carbocycles. The van der Waals surface area contributed by atoms with E-state index in [1.54, 1.807) is 0 Å². The van der Waals surface area contributed by atoms with Gasteiger partial charge >= 0.3 is 0 Å². The lowest BCUT2D eigenvalue weighted by atomic mass is 10.1. The third kappa shape index (κ3) is 2.79. The summed E-state index contributed by atoms with van der Waals surface area (Å²) >= 11 is 0. The first-order chi connectivity index (χ1) is 8.22. The van der Waals surface area contributed by atoms with E-state index < -0.39 is 0 Å². The van der Waals surface area contributed by atoms with Crippen LogP contribution in [0.2, 0.25) is 0 Å². The summed E-state index contributed by atoms with van der Waals surface area (Å²) in [5.41, 5.74) is 1.14. The Balaban J connectivity index is 2.12. The Bertz CT molecular complexity index is 365. The molecule has 1 fully saturated rings. The van der Waals surface area contributed by atoms with Crippen LogP contribution in [0.3, 0.4) is 0 Å². The highest BCUT2D eigenvalue weighted by atomic mass is 16.5. The zero-order chi connectivity index (χ0) is 12.3. The fourth-order valence-corrected chi connectivity index (χ4v) is 2.11. The smallest absolute Gasteiger partial charge is 0.125 e. The summed E-state index contributed by atoms with van der Waals surface area (Å²) in [5.74, 6) is 1.42. The number of nitrogens with one attached hydrogen (secondary N) is 1. The minimum atomic E-state index is 0.102. The van der Waals surface area contributed by atoms with E-state index in [4.69, 9.17) is 9.47 Å². The van der Waals surface area contributed by atoms with Crippen LogP contribution in [-0.2, 0) is 4.74 Å². The first-order valence-electron chi connectivity index (χ1n) is 6.33. The van der Waals surface area contributed by atoms with Crippen LogP contribution in [-0.4, -0.2) is 19.4 Å². The van der Waals surface area contributed by atoms with E-state index in [1.807, 2.05) is 25.1 Å². The normalized spacial score (nSPS) is 24.2. The largest absolute Gasteiger partial charge is 0.493 e. The summed E-state index contributed by atoms with van der Waals surface area (Å²) < 4.78 is 11.6. The molecule has 2 atom stereocenters. The van der Waals surface area contributed by atoms with Crippen LogP contribution in [0.5, 0.6) is 5.75 Å². The molecule has 0 radical (unpaired) electrons.